The fourth-order valence-corrected chi connectivity index (χ4v) is 1.92. The summed E-state index contributed by atoms with van der Waals surface area (Å²) in [6, 6.07) is 7.58. The van der Waals surface area contributed by atoms with Crippen molar-refractivity contribution in [1.82, 2.24) is 4.98 Å². The molecule has 2 aromatic rings. The lowest BCUT2D eigenvalue weighted by Crippen LogP contribution is -1.95. The Bertz CT molecular complexity index is 618. The minimum Gasteiger partial charge on any atom is -0.438 e. The van der Waals surface area contributed by atoms with Crippen LogP contribution in [-0.2, 0) is 6.61 Å². The van der Waals surface area contributed by atoms with Gasteiger partial charge in [-0.25, -0.2) is 4.98 Å². The Labute approximate surface area is 117 Å². The highest BCUT2D eigenvalue weighted by Crippen LogP contribution is 2.30. The van der Waals surface area contributed by atoms with Gasteiger partial charge in [0, 0.05) is 22.3 Å². The number of benzene rings is 1. The molecule has 0 radical (unpaired) electrons. The largest absolute Gasteiger partial charge is 0.438 e. The Kier molecular flexibility index (Phi) is 4.08. The van der Waals surface area contributed by atoms with Crippen LogP contribution in [-0.4, -0.2) is 15.0 Å². The van der Waals surface area contributed by atoms with Gasteiger partial charge in [-0.15, -0.1) is 0 Å². The normalized spacial score (nSPS) is 10.2. The van der Waals surface area contributed by atoms with Crippen LogP contribution >= 0.6 is 15.9 Å². The second-order valence-electron chi connectivity index (χ2n) is 3.63. The van der Waals surface area contributed by atoms with E-state index < -0.39 is 4.92 Å². The molecule has 2 rings (SSSR count). The van der Waals surface area contributed by atoms with Gasteiger partial charge in [-0.2, -0.15) is 0 Å². The van der Waals surface area contributed by atoms with Crippen molar-refractivity contribution in [2.45, 2.75) is 6.61 Å². The molecule has 0 bridgehead atoms. The summed E-state index contributed by atoms with van der Waals surface area (Å²) in [6.45, 7) is -0.223. The summed E-state index contributed by atoms with van der Waals surface area (Å²) in [4.78, 5) is 14.2. The second kappa shape index (κ2) is 5.77. The number of pyridine rings is 1. The number of nitro benzene ring substituents is 1. The van der Waals surface area contributed by atoms with E-state index in [1.165, 1.54) is 18.3 Å². The zero-order chi connectivity index (χ0) is 13.8. The SMILES string of the molecule is O=[N+]([O-])c1cc(Br)cc(Oc2ncccc2CO)c1. The topological polar surface area (TPSA) is 85.5 Å². The molecule has 1 N–H and O–H groups in total. The van der Waals surface area contributed by atoms with Crippen molar-refractivity contribution in [3.8, 4) is 11.6 Å². The molecular weight excluding hydrogens is 316 g/mol. The number of rotatable bonds is 4. The molecule has 1 aromatic carbocycles. The number of non-ortho nitro benzene ring substituents is 1. The predicted molar refractivity (Wildman–Crippen MR) is 71.0 cm³/mol. The minimum absolute atomic E-state index is 0.0918. The van der Waals surface area contributed by atoms with Gasteiger partial charge >= 0.3 is 0 Å². The average molecular weight is 325 g/mol. The number of halogens is 1. The highest BCUT2D eigenvalue weighted by atomic mass is 79.9. The van der Waals surface area contributed by atoms with Gasteiger partial charge in [-0.1, -0.05) is 15.9 Å². The number of nitrogens with zero attached hydrogens (tertiary/aromatic N) is 2. The summed E-state index contributed by atoms with van der Waals surface area (Å²) < 4.78 is 5.99. The lowest BCUT2D eigenvalue weighted by Gasteiger charge is -2.08. The van der Waals surface area contributed by atoms with E-state index in [9.17, 15) is 10.1 Å². The molecule has 0 fully saturated rings. The van der Waals surface area contributed by atoms with E-state index >= 15 is 0 Å². The van der Waals surface area contributed by atoms with Gasteiger partial charge in [0.15, 0.2) is 0 Å². The molecule has 0 spiro atoms. The highest BCUT2D eigenvalue weighted by molar-refractivity contribution is 9.10. The molecule has 7 heteroatoms. The van der Waals surface area contributed by atoms with E-state index in [0.29, 0.717) is 10.0 Å². The molecule has 0 saturated carbocycles. The lowest BCUT2D eigenvalue weighted by molar-refractivity contribution is -0.385. The first kappa shape index (κ1) is 13.4. The van der Waals surface area contributed by atoms with E-state index in [2.05, 4.69) is 20.9 Å². The number of ether oxygens (including phenoxy) is 1. The van der Waals surface area contributed by atoms with Crippen molar-refractivity contribution >= 4 is 21.6 Å². The molecule has 0 aliphatic rings. The first-order chi connectivity index (χ1) is 9.10. The summed E-state index contributed by atoms with van der Waals surface area (Å²) in [5.41, 5.74) is 0.413. The molecule has 0 unspecified atom stereocenters. The molecule has 0 atom stereocenters. The number of hydrogen-bond donors (Lipinski definition) is 1. The van der Waals surface area contributed by atoms with Crippen LogP contribution in [0.1, 0.15) is 5.56 Å². The van der Waals surface area contributed by atoms with Crippen molar-refractivity contribution in [1.29, 1.82) is 0 Å². The first-order valence-electron chi connectivity index (χ1n) is 5.27. The van der Waals surface area contributed by atoms with Gasteiger partial charge in [0.1, 0.15) is 5.75 Å². The molecule has 0 amide bonds. The molecule has 0 aliphatic carbocycles. The zero-order valence-corrected chi connectivity index (χ0v) is 11.2. The molecule has 1 aromatic heterocycles. The van der Waals surface area contributed by atoms with Crippen LogP contribution in [0.15, 0.2) is 41.0 Å². The van der Waals surface area contributed by atoms with E-state index in [-0.39, 0.29) is 23.9 Å². The van der Waals surface area contributed by atoms with Crippen molar-refractivity contribution in [3.63, 3.8) is 0 Å². The van der Waals surface area contributed by atoms with Crippen LogP contribution in [0, 0.1) is 10.1 Å². The van der Waals surface area contributed by atoms with Crippen LogP contribution in [0.2, 0.25) is 0 Å². The fraction of sp³-hybridized carbons (Fsp3) is 0.0833. The standard InChI is InChI=1S/C12H9BrN2O4/c13-9-4-10(15(17)18)6-11(5-9)19-12-8(7-16)2-1-3-14-12/h1-6,16H,7H2. The molecule has 6 nitrogen and oxygen atoms in total. The maximum atomic E-state index is 10.8. The van der Waals surface area contributed by atoms with Gasteiger partial charge in [-0.05, 0) is 18.2 Å². The monoisotopic (exact) mass is 324 g/mol. The second-order valence-corrected chi connectivity index (χ2v) is 4.55. The zero-order valence-electron chi connectivity index (χ0n) is 9.62. The van der Waals surface area contributed by atoms with Crippen molar-refractivity contribution in [2.75, 3.05) is 0 Å². The average Bonchev–Trinajstić information content (AvgIpc) is 2.38. The Hall–Kier alpha value is -1.99. The Morgan fingerprint density at radius 1 is 1.42 bits per heavy atom. The third-order valence-electron chi connectivity index (χ3n) is 2.30. The Balaban J connectivity index is 2.35. The van der Waals surface area contributed by atoms with Gasteiger partial charge in [0.05, 0.1) is 17.6 Å². The number of nitro groups is 1. The van der Waals surface area contributed by atoms with Crippen LogP contribution < -0.4 is 4.74 Å². The minimum atomic E-state index is -0.511. The smallest absolute Gasteiger partial charge is 0.274 e. The van der Waals surface area contributed by atoms with Gasteiger partial charge in [0.2, 0.25) is 5.88 Å². The first-order valence-corrected chi connectivity index (χ1v) is 6.07. The maximum absolute atomic E-state index is 10.8. The summed E-state index contributed by atoms with van der Waals surface area (Å²) in [6.07, 6.45) is 1.51. The molecule has 1 heterocycles. The van der Waals surface area contributed by atoms with E-state index in [1.807, 2.05) is 0 Å². The summed E-state index contributed by atoms with van der Waals surface area (Å²) in [5.74, 6) is 0.492. The van der Waals surface area contributed by atoms with Gasteiger partial charge < -0.3 is 9.84 Å². The lowest BCUT2D eigenvalue weighted by atomic mass is 10.3. The summed E-state index contributed by atoms with van der Waals surface area (Å²) >= 11 is 3.18. The molecule has 0 saturated heterocycles. The number of aromatic nitrogens is 1. The molecule has 19 heavy (non-hydrogen) atoms. The number of aliphatic hydroxyl groups excluding tert-OH is 1. The van der Waals surface area contributed by atoms with Crippen LogP contribution in [0.5, 0.6) is 11.6 Å². The predicted octanol–water partition coefficient (Wildman–Crippen LogP) is 3.04. The van der Waals surface area contributed by atoms with Crippen molar-refractivity contribution in [3.05, 3.63) is 56.7 Å². The molecular formula is C12H9BrN2O4. The van der Waals surface area contributed by atoms with Gasteiger partial charge in [-0.3, -0.25) is 10.1 Å². The number of hydrogen-bond acceptors (Lipinski definition) is 5. The van der Waals surface area contributed by atoms with Crippen LogP contribution in [0.25, 0.3) is 0 Å². The van der Waals surface area contributed by atoms with Crippen molar-refractivity contribution in [2.24, 2.45) is 0 Å². The summed E-state index contributed by atoms with van der Waals surface area (Å²) in [5, 5.41) is 19.9. The van der Waals surface area contributed by atoms with E-state index in [0.717, 1.165) is 0 Å². The third-order valence-corrected chi connectivity index (χ3v) is 2.76. The fourth-order valence-electron chi connectivity index (χ4n) is 1.46. The summed E-state index contributed by atoms with van der Waals surface area (Å²) in [7, 11) is 0. The van der Waals surface area contributed by atoms with E-state index in [1.54, 1.807) is 18.2 Å². The van der Waals surface area contributed by atoms with Gasteiger partial charge in [0.25, 0.3) is 5.69 Å². The number of aliphatic hydroxyl groups is 1. The van der Waals surface area contributed by atoms with Crippen LogP contribution in [0.3, 0.4) is 0 Å². The van der Waals surface area contributed by atoms with E-state index in [4.69, 9.17) is 9.84 Å². The maximum Gasteiger partial charge on any atom is 0.274 e. The van der Waals surface area contributed by atoms with Crippen molar-refractivity contribution < 1.29 is 14.8 Å². The Morgan fingerprint density at radius 2 is 2.21 bits per heavy atom. The van der Waals surface area contributed by atoms with Crippen LogP contribution in [0.4, 0.5) is 5.69 Å². The molecule has 0 aliphatic heterocycles. The quantitative estimate of drug-likeness (QED) is 0.690. The Morgan fingerprint density at radius 3 is 2.89 bits per heavy atom. The molecule has 98 valence electrons. The third kappa shape index (κ3) is 3.27. The highest BCUT2D eigenvalue weighted by Gasteiger charge is 2.12.